The maximum atomic E-state index is 13.5. The third kappa shape index (κ3) is 5.35. The van der Waals surface area contributed by atoms with Crippen LogP contribution in [0.2, 0.25) is 0 Å². The van der Waals surface area contributed by atoms with E-state index in [-0.39, 0.29) is 24.3 Å². The lowest BCUT2D eigenvalue weighted by Crippen LogP contribution is -2.46. The lowest BCUT2D eigenvalue weighted by Gasteiger charge is -2.40. The van der Waals surface area contributed by atoms with Crippen molar-refractivity contribution in [1.82, 2.24) is 0 Å². The second kappa shape index (κ2) is 10.6. The molecule has 0 bridgehead atoms. The van der Waals surface area contributed by atoms with Gasteiger partial charge < -0.3 is 20.3 Å². The van der Waals surface area contributed by atoms with Crippen molar-refractivity contribution in [2.45, 2.75) is 25.8 Å². The predicted molar refractivity (Wildman–Crippen MR) is 134 cm³/mol. The molecule has 0 saturated carbocycles. The molecular weight excluding hydrogens is 450 g/mol. The van der Waals surface area contributed by atoms with Crippen LogP contribution in [0.4, 0.5) is 17.1 Å². The van der Waals surface area contributed by atoms with Crippen LogP contribution in [0.5, 0.6) is 0 Å². The van der Waals surface area contributed by atoms with Gasteiger partial charge in [0.05, 0.1) is 12.0 Å². The molecule has 1 fully saturated rings. The largest absolute Gasteiger partial charge is 0.375 e. The molecule has 2 atom stereocenters. The monoisotopic (exact) mass is 477 g/mol. The Kier molecular flexibility index (Phi) is 7.40. The second-order valence-electron chi connectivity index (χ2n) is 8.26. The zero-order valence-electron chi connectivity index (χ0n) is 19.1. The highest BCUT2D eigenvalue weighted by Gasteiger charge is 2.42. The van der Waals surface area contributed by atoms with E-state index in [1.54, 1.807) is 40.5 Å². The number of aryl methyl sites for hydroxylation is 1. The smallest absolute Gasteiger partial charge is 0.250 e. The van der Waals surface area contributed by atoms with Crippen molar-refractivity contribution in [3.8, 4) is 0 Å². The molecule has 3 amide bonds. The lowest BCUT2D eigenvalue weighted by molar-refractivity contribution is -0.126. The summed E-state index contributed by atoms with van der Waals surface area (Å²) in [6.07, 6.45) is 0.751. The molecule has 2 N–H and O–H groups in total. The number of benzene rings is 2. The van der Waals surface area contributed by atoms with Crippen molar-refractivity contribution in [3.63, 3.8) is 0 Å². The average Bonchev–Trinajstić information content (AvgIpc) is 3.34. The predicted octanol–water partition coefficient (Wildman–Crippen LogP) is 4.76. The molecule has 3 aromatic rings. The van der Waals surface area contributed by atoms with Gasteiger partial charge in [-0.2, -0.15) is 0 Å². The van der Waals surface area contributed by atoms with Gasteiger partial charge in [-0.05, 0) is 55.1 Å². The average molecular weight is 478 g/mol. The zero-order chi connectivity index (χ0) is 24.1. The van der Waals surface area contributed by atoms with Crippen LogP contribution < -0.4 is 15.5 Å². The molecule has 1 saturated heterocycles. The van der Waals surface area contributed by atoms with Gasteiger partial charge in [0.15, 0.2) is 0 Å². The summed E-state index contributed by atoms with van der Waals surface area (Å²) in [7, 11) is 1.45. The van der Waals surface area contributed by atoms with Gasteiger partial charge in [-0.1, -0.05) is 29.8 Å². The van der Waals surface area contributed by atoms with Gasteiger partial charge in [0.2, 0.25) is 17.7 Å². The number of anilines is 3. The number of hydrogen-bond donors (Lipinski definition) is 2. The first kappa shape index (κ1) is 23.7. The number of carbonyl (C=O) groups excluding carboxylic acids is 3. The van der Waals surface area contributed by atoms with E-state index >= 15 is 0 Å². The normalized spacial score (nSPS) is 17.9. The van der Waals surface area contributed by atoms with E-state index in [0.29, 0.717) is 24.2 Å². The second-order valence-corrected chi connectivity index (χ2v) is 9.24. The summed E-state index contributed by atoms with van der Waals surface area (Å²) in [4.78, 5) is 41.1. The number of rotatable bonds is 7. The van der Waals surface area contributed by atoms with Gasteiger partial charge >= 0.3 is 0 Å². The molecular formula is C26H27N3O4S. The van der Waals surface area contributed by atoms with Crippen LogP contribution in [0.15, 0.2) is 66.0 Å². The molecule has 34 heavy (non-hydrogen) atoms. The SMILES string of the molecule is COCC(=O)Nc1cccc(NC(=O)C2CCC(=O)N(c3ccc(C)cc3)C2c2cccs2)c1. The summed E-state index contributed by atoms with van der Waals surface area (Å²) in [5.74, 6) is -0.856. The van der Waals surface area contributed by atoms with E-state index in [9.17, 15) is 14.4 Å². The summed E-state index contributed by atoms with van der Waals surface area (Å²) >= 11 is 1.54. The minimum atomic E-state index is -0.426. The third-order valence-corrected chi connectivity index (χ3v) is 6.71. The van der Waals surface area contributed by atoms with Gasteiger partial charge in [-0.3, -0.25) is 14.4 Å². The first-order valence-corrected chi connectivity index (χ1v) is 12.0. The van der Waals surface area contributed by atoms with E-state index in [4.69, 9.17) is 4.74 Å². The maximum Gasteiger partial charge on any atom is 0.250 e. The highest BCUT2D eigenvalue weighted by molar-refractivity contribution is 7.10. The number of nitrogens with zero attached hydrogens (tertiary/aromatic N) is 1. The highest BCUT2D eigenvalue weighted by Crippen LogP contribution is 2.42. The number of ether oxygens (including phenoxy) is 1. The van der Waals surface area contributed by atoms with Gasteiger partial charge in [0.1, 0.15) is 6.61 Å². The molecule has 2 aromatic carbocycles. The summed E-state index contributed by atoms with van der Waals surface area (Å²) < 4.78 is 4.85. The Morgan fingerprint density at radius 2 is 1.79 bits per heavy atom. The molecule has 1 aliphatic rings. The number of nitrogens with one attached hydrogen (secondary N) is 2. The van der Waals surface area contributed by atoms with Gasteiger partial charge in [0.25, 0.3) is 0 Å². The molecule has 4 rings (SSSR count). The van der Waals surface area contributed by atoms with Crippen LogP contribution in [0.25, 0.3) is 0 Å². The van der Waals surface area contributed by atoms with E-state index in [1.165, 1.54) is 7.11 Å². The third-order valence-electron chi connectivity index (χ3n) is 5.77. The highest BCUT2D eigenvalue weighted by atomic mass is 32.1. The Bertz CT molecular complexity index is 1160. The van der Waals surface area contributed by atoms with Crippen molar-refractivity contribution in [2.24, 2.45) is 5.92 Å². The maximum absolute atomic E-state index is 13.5. The summed E-state index contributed by atoms with van der Waals surface area (Å²) in [6, 6.07) is 18.3. The van der Waals surface area contributed by atoms with E-state index < -0.39 is 12.0 Å². The lowest BCUT2D eigenvalue weighted by atomic mass is 9.86. The molecule has 0 aliphatic carbocycles. The summed E-state index contributed by atoms with van der Waals surface area (Å²) in [5, 5.41) is 7.69. The van der Waals surface area contributed by atoms with Crippen molar-refractivity contribution in [1.29, 1.82) is 0 Å². The Balaban J connectivity index is 1.59. The number of amides is 3. The molecule has 176 valence electrons. The molecule has 1 aliphatic heterocycles. The van der Waals surface area contributed by atoms with Gasteiger partial charge in [0, 0.05) is 35.5 Å². The van der Waals surface area contributed by atoms with Crippen molar-refractivity contribution in [2.75, 3.05) is 29.3 Å². The number of methoxy groups -OCH3 is 1. The van der Waals surface area contributed by atoms with Crippen LogP contribution in [-0.2, 0) is 19.1 Å². The van der Waals surface area contributed by atoms with Crippen LogP contribution in [0.1, 0.15) is 29.3 Å². The molecule has 2 heterocycles. The molecule has 8 heteroatoms. The number of thiophene rings is 1. The molecule has 7 nitrogen and oxygen atoms in total. The Morgan fingerprint density at radius 3 is 2.47 bits per heavy atom. The number of piperidine rings is 1. The van der Waals surface area contributed by atoms with Crippen LogP contribution in [-0.4, -0.2) is 31.4 Å². The zero-order valence-corrected chi connectivity index (χ0v) is 19.9. The first-order valence-electron chi connectivity index (χ1n) is 11.1. The summed E-state index contributed by atoms with van der Waals surface area (Å²) in [5.41, 5.74) is 3.03. The number of carbonyl (C=O) groups is 3. The van der Waals surface area contributed by atoms with E-state index in [2.05, 4.69) is 10.6 Å². The topological polar surface area (TPSA) is 87.7 Å². The molecule has 0 spiro atoms. The fraction of sp³-hybridized carbons (Fsp3) is 0.269. The molecule has 2 unspecified atom stereocenters. The van der Waals surface area contributed by atoms with Crippen LogP contribution >= 0.6 is 11.3 Å². The van der Waals surface area contributed by atoms with Gasteiger partial charge in [-0.15, -0.1) is 11.3 Å². The minimum Gasteiger partial charge on any atom is -0.375 e. The molecule has 1 aromatic heterocycles. The van der Waals surface area contributed by atoms with Crippen molar-refractivity contribution in [3.05, 3.63) is 76.5 Å². The molecule has 0 radical (unpaired) electrons. The minimum absolute atomic E-state index is 0.00848. The quantitative estimate of drug-likeness (QED) is 0.513. The van der Waals surface area contributed by atoms with Gasteiger partial charge in [-0.25, -0.2) is 0 Å². The van der Waals surface area contributed by atoms with E-state index in [1.807, 2.05) is 48.7 Å². The number of hydrogen-bond acceptors (Lipinski definition) is 5. The van der Waals surface area contributed by atoms with Crippen LogP contribution in [0.3, 0.4) is 0 Å². The van der Waals surface area contributed by atoms with E-state index in [0.717, 1.165) is 16.1 Å². The van der Waals surface area contributed by atoms with Crippen LogP contribution in [0, 0.1) is 12.8 Å². The Hall–Kier alpha value is -3.49. The fourth-order valence-corrected chi connectivity index (χ4v) is 5.08. The standard InChI is InChI=1S/C26H27N3O4S/c1-17-8-10-20(11-9-17)29-24(31)13-12-21(25(29)22-7-4-14-34-22)26(32)28-19-6-3-5-18(15-19)27-23(30)16-33-2/h3-11,14-15,21,25H,12-13,16H2,1-2H3,(H,27,30)(H,28,32). The summed E-state index contributed by atoms with van der Waals surface area (Å²) in [6.45, 7) is 1.95. The first-order chi connectivity index (χ1) is 16.5. The Labute approximate surface area is 202 Å². The Morgan fingerprint density at radius 1 is 1.06 bits per heavy atom. The fourth-order valence-electron chi connectivity index (χ4n) is 4.20. The van der Waals surface area contributed by atoms with Crippen molar-refractivity contribution >= 4 is 46.1 Å². The van der Waals surface area contributed by atoms with Crippen molar-refractivity contribution < 1.29 is 19.1 Å².